The third-order valence-corrected chi connectivity index (χ3v) is 4.95. The Morgan fingerprint density at radius 3 is 2.67 bits per heavy atom. The molecule has 0 bridgehead atoms. The van der Waals surface area contributed by atoms with Crippen molar-refractivity contribution < 1.29 is 9.47 Å². The van der Waals surface area contributed by atoms with Gasteiger partial charge in [-0.25, -0.2) is 0 Å². The number of hydrogen-bond donors (Lipinski definition) is 0. The van der Waals surface area contributed by atoms with E-state index in [2.05, 4.69) is 34.2 Å². The molecule has 0 aliphatic carbocycles. The minimum atomic E-state index is -0.0586. The van der Waals surface area contributed by atoms with Crippen molar-refractivity contribution in [3.05, 3.63) is 29.8 Å². The van der Waals surface area contributed by atoms with E-state index in [9.17, 15) is 0 Å². The summed E-state index contributed by atoms with van der Waals surface area (Å²) in [7, 11) is 1.70. The zero-order valence-electron chi connectivity index (χ0n) is 14.6. The van der Waals surface area contributed by atoms with Crippen LogP contribution < -0.4 is 4.74 Å². The molecule has 1 fully saturated rings. The minimum absolute atomic E-state index is 0.0586. The zero-order valence-corrected chi connectivity index (χ0v) is 14.6. The molecular weight excluding hydrogens is 302 g/mol. The van der Waals surface area contributed by atoms with Gasteiger partial charge in [0.25, 0.3) is 0 Å². The Kier molecular flexibility index (Phi) is 5.99. The van der Waals surface area contributed by atoms with Crippen LogP contribution in [0.15, 0.2) is 34.5 Å². The molecule has 0 radical (unpaired) electrons. The predicted octanol–water partition coefficient (Wildman–Crippen LogP) is 3.11. The van der Waals surface area contributed by atoms with Gasteiger partial charge in [0.05, 0.1) is 18.7 Å². The number of benzene rings is 1. The third kappa shape index (κ3) is 4.22. The number of methoxy groups -OCH3 is 1. The Morgan fingerprint density at radius 2 is 1.96 bits per heavy atom. The standard InChI is InChI=1S/C19H27N3O2/c1-15-5-3-10-22(15)11-4-12-24-17-8-6-16(7-9-17)18-13-20-21-14-19(18)23-2/h6-9,13-15,18-19H,3-5,10-12H2,1-2H3/t15-,18?,19?/m1/s1. The van der Waals surface area contributed by atoms with Gasteiger partial charge >= 0.3 is 0 Å². The molecule has 3 rings (SSSR count). The van der Waals surface area contributed by atoms with E-state index >= 15 is 0 Å². The molecule has 5 nitrogen and oxygen atoms in total. The molecule has 0 aromatic heterocycles. The number of hydrogen-bond acceptors (Lipinski definition) is 5. The number of nitrogens with zero attached hydrogens (tertiary/aromatic N) is 3. The second-order valence-electron chi connectivity index (χ2n) is 6.55. The van der Waals surface area contributed by atoms with E-state index in [1.807, 2.05) is 18.3 Å². The molecule has 2 heterocycles. The van der Waals surface area contributed by atoms with Crippen LogP contribution in [0.25, 0.3) is 0 Å². The first-order valence-electron chi connectivity index (χ1n) is 8.84. The van der Waals surface area contributed by atoms with Crippen LogP contribution in [0, 0.1) is 0 Å². The summed E-state index contributed by atoms with van der Waals surface area (Å²) in [6, 6.07) is 8.96. The molecule has 2 aliphatic heterocycles. The molecule has 1 aromatic carbocycles. The van der Waals surface area contributed by atoms with Gasteiger partial charge in [0.15, 0.2) is 0 Å². The second kappa shape index (κ2) is 8.40. The maximum Gasteiger partial charge on any atom is 0.119 e. The fourth-order valence-corrected chi connectivity index (χ4v) is 3.44. The molecule has 5 heteroatoms. The quantitative estimate of drug-likeness (QED) is 0.722. The maximum atomic E-state index is 5.88. The average molecular weight is 329 g/mol. The summed E-state index contributed by atoms with van der Waals surface area (Å²) in [5, 5.41) is 7.89. The molecule has 2 unspecified atom stereocenters. The normalized spacial score (nSPS) is 26.8. The van der Waals surface area contributed by atoms with Gasteiger partial charge in [-0.1, -0.05) is 12.1 Å². The molecule has 0 saturated carbocycles. The lowest BCUT2D eigenvalue weighted by atomic mass is 9.94. The van der Waals surface area contributed by atoms with E-state index in [-0.39, 0.29) is 12.0 Å². The molecule has 130 valence electrons. The molecule has 0 spiro atoms. The molecule has 0 N–H and O–H groups in total. The number of rotatable bonds is 7. The Hall–Kier alpha value is -1.72. The first-order valence-corrected chi connectivity index (χ1v) is 8.84. The second-order valence-corrected chi connectivity index (χ2v) is 6.55. The van der Waals surface area contributed by atoms with Crippen LogP contribution in [0.5, 0.6) is 5.75 Å². The molecule has 3 atom stereocenters. The van der Waals surface area contributed by atoms with E-state index < -0.39 is 0 Å². The summed E-state index contributed by atoms with van der Waals surface area (Å²) < 4.78 is 11.3. The number of ether oxygens (including phenoxy) is 2. The highest BCUT2D eigenvalue weighted by molar-refractivity contribution is 5.80. The van der Waals surface area contributed by atoms with Crippen molar-refractivity contribution in [2.24, 2.45) is 10.2 Å². The van der Waals surface area contributed by atoms with E-state index in [1.54, 1.807) is 13.3 Å². The predicted molar refractivity (Wildman–Crippen MR) is 97.3 cm³/mol. The summed E-state index contributed by atoms with van der Waals surface area (Å²) >= 11 is 0. The highest BCUT2D eigenvalue weighted by Gasteiger charge is 2.22. The van der Waals surface area contributed by atoms with Crippen molar-refractivity contribution in [1.29, 1.82) is 0 Å². The van der Waals surface area contributed by atoms with Crippen molar-refractivity contribution in [2.45, 2.75) is 44.2 Å². The summed E-state index contributed by atoms with van der Waals surface area (Å²) in [6.45, 7) is 5.45. The first-order chi connectivity index (χ1) is 11.8. The van der Waals surface area contributed by atoms with Gasteiger partial charge in [-0.15, -0.1) is 0 Å². The average Bonchev–Trinajstić information content (AvgIpc) is 3.04. The fraction of sp³-hybridized carbons (Fsp3) is 0.579. The van der Waals surface area contributed by atoms with Crippen molar-refractivity contribution >= 4 is 12.4 Å². The third-order valence-electron chi connectivity index (χ3n) is 4.95. The lowest BCUT2D eigenvalue weighted by molar-refractivity contribution is 0.152. The van der Waals surface area contributed by atoms with Crippen LogP contribution in [-0.2, 0) is 4.74 Å². The number of likely N-dealkylation sites (tertiary alicyclic amines) is 1. The summed E-state index contributed by atoms with van der Waals surface area (Å²) in [5.74, 6) is 1.03. The van der Waals surface area contributed by atoms with Gasteiger partial charge in [-0.3, -0.25) is 0 Å². The Balaban J connectivity index is 1.46. The lowest BCUT2D eigenvalue weighted by Crippen LogP contribution is -2.28. The molecule has 1 saturated heterocycles. The van der Waals surface area contributed by atoms with Gasteiger partial charge in [0.2, 0.25) is 0 Å². The minimum Gasteiger partial charge on any atom is -0.494 e. The van der Waals surface area contributed by atoms with Gasteiger partial charge in [-0.05, 0) is 50.4 Å². The summed E-state index contributed by atoms with van der Waals surface area (Å²) in [5.41, 5.74) is 1.16. The SMILES string of the molecule is COC1C=NN=CC1c1ccc(OCCCN2CCC[C@H]2C)cc1. The Labute approximate surface area is 144 Å². The molecular formula is C19H27N3O2. The lowest BCUT2D eigenvalue weighted by Gasteiger charge is -2.22. The van der Waals surface area contributed by atoms with Crippen LogP contribution in [0.2, 0.25) is 0 Å². The van der Waals surface area contributed by atoms with E-state index in [4.69, 9.17) is 9.47 Å². The smallest absolute Gasteiger partial charge is 0.119 e. The zero-order chi connectivity index (χ0) is 16.8. The van der Waals surface area contributed by atoms with Gasteiger partial charge in [-0.2, -0.15) is 10.2 Å². The van der Waals surface area contributed by atoms with Crippen molar-refractivity contribution in [1.82, 2.24) is 4.90 Å². The summed E-state index contributed by atoms with van der Waals surface area (Å²) in [4.78, 5) is 2.56. The monoisotopic (exact) mass is 329 g/mol. The topological polar surface area (TPSA) is 46.4 Å². The largest absolute Gasteiger partial charge is 0.494 e. The highest BCUT2D eigenvalue weighted by Crippen LogP contribution is 2.24. The van der Waals surface area contributed by atoms with Crippen LogP contribution in [0.1, 0.15) is 37.7 Å². The van der Waals surface area contributed by atoms with E-state index in [0.717, 1.165) is 36.9 Å². The van der Waals surface area contributed by atoms with Crippen LogP contribution in [-0.4, -0.2) is 56.3 Å². The van der Waals surface area contributed by atoms with E-state index in [1.165, 1.54) is 19.4 Å². The van der Waals surface area contributed by atoms with Crippen molar-refractivity contribution in [3.63, 3.8) is 0 Å². The first kappa shape index (κ1) is 17.1. The molecule has 2 aliphatic rings. The molecule has 0 amide bonds. The fourth-order valence-electron chi connectivity index (χ4n) is 3.44. The van der Waals surface area contributed by atoms with Gasteiger partial charge in [0, 0.05) is 25.9 Å². The van der Waals surface area contributed by atoms with Crippen molar-refractivity contribution in [2.75, 3.05) is 26.8 Å². The van der Waals surface area contributed by atoms with Crippen LogP contribution in [0.3, 0.4) is 0 Å². The highest BCUT2D eigenvalue weighted by atomic mass is 16.5. The Morgan fingerprint density at radius 1 is 1.17 bits per heavy atom. The van der Waals surface area contributed by atoms with Gasteiger partial charge in [0.1, 0.15) is 11.9 Å². The summed E-state index contributed by atoms with van der Waals surface area (Å²) in [6.07, 6.45) is 7.26. The van der Waals surface area contributed by atoms with Crippen LogP contribution in [0.4, 0.5) is 0 Å². The van der Waals surface area contributed by atoms with Crippen molar-refractivity contribution in [3.8, 4) is 5.75 Å². The Bertz CT molecular complexity index is 570. The van der Waals surface area contributed by atoms with Gasteiger partial charge < -0.3 is 14.4 Å². The molecule has 24 heavy (non-hydrogen) atoms. The maximum absolute atomic E-state index is 5.88. The van der Waals surface area contributed by atoms with E-state index in [0.29, 0.717) is 0 Å². The molecule has 1 aromatic rings. The van der Waals surface area contributed by atoms with Crippen LogP contribution >= 0.6 is 0 Å².